The molecular weight excluding hydrogens is 441 g/mol. The third-order valence-corrected chi connectivity index (χ3v) is 5.28. The smallest absolute Gasteiger partial charge is 0.534 e. The predicted octanol–water partition coefficient (Wildman–Crippen LogP) is -0.452. The molecule has 2 aromatic rings. The van der Waals surface area contributed by atoms with Gasteiger partial charge in [0.05, 0.1) is 11.5 Å². The molecule has 0 saturated heterocycles. The van der Waals surface area contributed by atoms with E-state index < -0.39 is 36.4 Å². The van der Waals surface area contributed by atoms with E-state index in [9.17, 15) is 24.5 Å². The number of aromatic nitrogens is 1. The van der Waals surface area contributed by atoms with Crippen LogP contribution in [0.1, 0.15) is 35.5 Å². The number of benzene rings is 1. The number of hydrogen-bond acceptors (Lipinski definition) is 10. The van der Waals surface area contributed by atoms with Gasteiger partial charge in [-0.15, -0.1) is 11.3 Å². The second-order valence-corrected chi connectivity index (χ2v) is 8.26. The van der Waals surface area contributed by atoms with Crippen LogP contribution in [0.3, 0.4) is 0 Å². The summed E-state index contributed by atoms with van der Waals surface area (Å²) >= 11 is 1.06. The van der Waals surface area contributed by atoms with Crippen LogP contribution in [0.4, 0.5) is 5.13 Å². The first-order valence-corrected chi connectivity index (χ1v) is 10.2. The number of hydrogen-bond donors (Lipinski definition) is 5. The van der Waals surface area contributed by atoms with Gasteiger partial charge in [0.15, 0.2) is 10.8 Å². The number of rotatable bonds is 7. The molecule has 0 saturated carbocycles. The fraction of sp³-hybridized carbons (Fsp3) is 0.278. The Balaban J connectivity index is 1.85. The number of amides is 2. The van der Waals surface area contributed by atoms with Crippen LogP contribution in [0.25, 0.3) is 0 Å². The topological polar surface area (TPSA) is 199 Å². The molecule has 1 aliphatic heterocycles. The standard InChI is InChI=1S/C18H20BN5O7S/c1-18(2,16(20)28)31-24-12(10-7-32-17(21)22-10)14(25)23-11-6-8-4-3-5-9(15(26)27)13(8)30-19(11)29/h3-5,7,11,29H,6H2,1-2H3,(H2,20,28)(H2,21,22)(H,23,25)(H,26,27)/b24-12-/t11-/m0/s1. The van der Waals surface area contributed by atoms with Crippen molar-refractivity contribution in [1.82, 2.24) is 10.3 Å². The molecule has 1 aliphatic rings. The van der Waals surface area contributed by atoms with E-state index >= 15 is 0 Å². The predicted molar refractivity (Wildman–Crippen MR) is 115 cm³/mol. The van der Waals surface area contributed by atoms with Crippen LogP contribution in [-0.2, 0) is 20.8 Å². The van der Waals surface area contributed by atoms with E-state index in [2.05, 4.69) is 15.5 Å². The van der Waals surface area contributed by atoms with E-state index in [-0.39, 0.29) is 34.3 Å². The van der Waals surface area contributed by atoms with Gasteiger partial charge in [0, 0.05) is 5.38 Å². The van der Waals surface area contributed by atoms with Gasteiger partial charge in [-0.3, -0.25) is 9.59 Å². The van der Waals surface area contributed by atoms with E-state index in [0.717, 1.165) is 11.3 Å². The van der Waals surface area contributed by atoms with Crippen molar-refractivity contribution in [2.45, 2.75) is 31.8 Å². The van der Waals surface area contributed by atoms with Crippen molar-refractivity contribution in [2.75, 3.05) is 5.73 Å². The van der Waals surface area contributed by atoms with Crippen molar-refractivity contribution >= 4 is 47.1 Å². The van der Waals surface area contributed by atoms with Crippen LogP contribution in [0, 0.1) is 0 Å². The number of carboxylic acid groups (broad SMARTS) is 1. The van der Waals surface area contributed by atoms with E-state index in [1.807, 2.05) is 0 Å². The lowest BCUT2D eigenvalue weighted by atomic mass is 9.72. The minimum atomic E-state index is -1.53. The molecule has 12 nitrogen and oxygen atoms in total. The molecule has 0 unspecified atom stereocenters. The second kappa shape index (κ2) is 8.84. The number of primary amides is 1. The number of aromatic carboxylic acids is 1. The fourth-order valence-corrected chi connectivity index (χ4v) is 3.31. The maximum Gasteiger partial charge on any atom is 0.547 e. The van der Waals surface area contributed by atoms with Crippen LogP contribution < -0.4 is 21.4 Å². The summed E-state index contributed by atoms with van der Waals surface area (Å²) in [5.41, 5.74) is 9.57. The third kappa shape index (κ3) is 4.81. The number of fused-ring (bicyclic) bond motifs is 1. The van der Waals surface area contributed by atoms with E-state index in [1.54, 1.807) is 6.07 Å². The maximum absolute atomic E-state index is 13.0. The minimum absolute atomic E-state index is 0.0331. The zero-order valence-electron chi connectivity index (χ0n) is 17.1. The summed E-state index contributed by atoms with van der Waals surface area (Å²) in [6.45, 7) is 2.75. The average molecular weight is 461 g/mol. The molecule has 14 heteroatoms. The summed E-state index contributed by atoms with van der Waals surface area (Å²) in [4.78, 5) is 45.0. The summed E-state index contributed by atoms with van der Waals surface area (Å²) in [6, 6.07) is 4.51. The van der Waals surface area contributed by atoms with Gasteiger partial charge < -0.3 is 36.4 Å². The molecule has 1 atom stereocenters. The van der Waals surface area contributed by atoms with Gasteiger partial charge in [-0.2, -0.15) is 0 Å². The lowest BCUT2D eigenvalue weighted by Gasteiger charge is -2.29. The Morgan fingerprint density at radius 3 is 2.72 bits per heavy atom. The highest BCUT2D eigenvalue weighted by atomic mass is 32.1. The van der Waals surface area contributed by atoms with Gasteiger partial charge >= 0.3 is 13.1 Å². The number of carbonyl (C=O) groups excluding carboxylic acids is 2. The van der Waals surface area contributed by atoms with Crippen LogP contribution >= 0.6 is 11.3 Å². The molecule has 0 aliphatic carbocycles. The molecule has 7 N–H and O–H groups in total. The van der Waals surface area contributed by atoms with Gasteiger partial charge in [-0.25, -0.2) is 9.78 Å². The Labute approximate surface area is 186 Å². The van der Waals surface area contributed by atoms with E-state index in [4.69, 9.17) is 21.0 Å². The number of carboxylic acids is 1. The average Bonchev–Trinajstić information content (AvgIpc) is 3.13. The quantitative estimate of drug-likeness (QED) is 0.206. The number of nitrogens with zero attached hydrogens (tertiary/aromatic N) is 2. The van der Waals surface area contributed by atoms with Crippen molar-refractivity contribution in [2.24, 2.45) is 10.9 Å². The zero-order chi connectivity index (χ0) is 23.6. The Bertz CT molecular complexity index is 1100. The highest BCUT2D eigenvalue weighted by molar-refractivity contribution is 7.13. The van der Waals surface area contributed by atoms with Crippen molar-refractivity contribution in [1.29, 1.82) is 0 Å². The first kappa shape index (κ1) is 23.0. The summed E-state index contributed by atoms with van der Waals surface area (Å²) in [5.74, 6) is -3.71. The number of thiazole rings is 1. The lowest BCUT2D eigenvalue weighted by Crippen LogP contribution is -2.54. The number of nitrogen functional groups attached to an aromatic ring is 1. The first-order chi connectivity index (χ1) is 15.0. The Kier molecular flexibility index (Phi) is 6.36. The molecule has 32 heavy (non-hydrogen) atoms. The van der Waals surface area contributed by atoms with Crippen LogP contribution in [0.15, 0.2) is 28.7 Å². The molecule has 1 aromatic heterocycles. The molecule has 1 aromatic carbocycles. The Morgan fingerprint density at radius 2 is 2.12 bits per heavy atom. The molecular formula is C18H20BN5O7S. The van der Waals surface area contributed by atoms with Gasteiger partial charge in [-0.1, -0.05) is 17.3 Å². The van der Waals surface area contributed by atoms with Gasteiger partial charge in [0.25, 0.3) is 11.8 Å². The summed E-state index contributed by atoms with van der Waals surface area (Å²) in [7, 11) is -1.53. The molecule has 3 rings (SSSR count). The molecule has 168 valence electrons. The summed E-state index contributed by atoms with van der Waals surface area (Å²) < 4.78 is 5.37. The minimum Gasteiger partial charge on any atom is -0.534 e. The SMILES string of the molecule is CC(C)(O/N=C(\C(=O)N[C@H]1Cc2cccc(C(=O)O)c2OB1O)c1csc(N)n1)C(N)=O. The largest absolute Gasteiger partial charge is 0.547 e. The maximum atomic E-state index is 13.0. The first-order valence-electron chi connectivity index (χ1n) is 9.28. The molecule has 0 bridgehead atoms. The number of para-hydroxylation sites is 1. The van der Waals surface area contributed by atoms with Crippen molar-refractivity contribution in [3.8, 4) is 5.75 Å². The van der Waals surface area contributed by atoms with Gasteiger partial charge in [-0.05, 0) is 31.9 Å². The Hall–Kier alpha value is -3.65. The molecule has 0 spiro atoms. The monoisotopic (exact) mass is 461 g/mol. The zero-order valence-corrected chi connectivity index (χ0v) is 17.9. The highest BCUT2D eigenvalue weighted by Crippen LogP contribution is 2.30. The summed E-state index contributed by atoms with van der Waals surface area (Å²) in [6.07, 6.45) is 0.0868. The van der Waals surface area contributed by atoms with Gasteiger partial charge in [0.2, 0.25) is 5.60 Å². The van der Waals surface area contributed by atoms with Crippen molar-refractivity contribution in [3.05, 3.63) is 40.4 Å². The summed E-state index contributed by atoms with van der Waals surface area (Å²) in [5, 5.41) is 27.6. The molecule has 2 heterocycles. The number of oxime groups is 1. The second-order valence-electron chi connectivity index (χ2n) is 7.37. The lowest BCUT2D eigenvalue weighted by molar-refractivity contribution is -0.139. The molecule has 0 radical (unpaired) electrons. The van der Waals surface area contributed by atoms with E-state index in [1.165, 1.54) is 31.4 Å². The normalized spacial score (nSPS) is 16.0. The fourth-order valence-electron chi connectivity index (χ4n) is 2.76. The molecule has 0 fully saturated rings. The van der Waals surface area contributed by atoms with Crippen LogP contribution in [0.2, 0.25) is 0 Å². The van der Waals surface area contributed by atoms with Crippen LogP contribution in [-0.4, -0.2) is 57.3 Å². The Morgan fingerprint density at radius 1 is 1.41 bits per heavy atom. The van der Waals surface area contributed by atoms with E-state index in [0.29, 0.717) is 5.56 Å². The number of anilines is 1. The van der Waals surface area contributed by atoms with Gasteiger partial charge in [0.1, 0.15) is 11.4 Å². The van der Waals surface area contributed by atoms with Crippen LogP contribution in [0.5, 0.6) is 5.75 Å². The number of nitrogens with two attached hydrogens (primary N) is 2. The molecule has 2 amide bonds. The van der Waals surface area contributed by atoms with Crippen molar-refractivity contribution < 1.29 is 34.0 Å². The number of carbonyl (C=O) groups is 3. The van der Waals surface area contributed by atoms with Crippen molar-refractivity contribution in [3.63, 3.8) is 0 Å². The number of nitrogens with one attached hydrogen (secondary N) is 1. The third-order valence-electron chi connectivity index (χ3n) is 4.60. The highest BCUT2D eigenvalue weighted by Gasteiger charge is 2.39.